The Kier molecular flexibility index (Phi) is 3.21. The zero-order valence-corrected chi connectivity index (χ0v) is 13.4. The van der Waals surface area contributed by atoms with Gasteiger partial charge in [0.2, 0.25) is 0 Å². The summed E-state index contributed by atoms with van der Waals surface area (Å²) in [7, 11) is 0. The summed E-state index contributed by atoms with van der Waals surface area (Å²) < 4.78 is 5.49. The van der Waals surface area contributed by atoms with Gasteiger partial charge in [-0.15, -0.1) is 11.3 Å². The number of carbonyl (C=O) groups excluding carboxylic acids is 1. The molecule has 1 heterocycles. The van der Waals surface area contributed by atoms with Gasteiger partial charge in [0, 0.05) is 10.3 Å². The van der Waals surface area contributed by atoms with Crippen molar-refractivity contribution in [3.8, 4) is 0 Å². The Morgan fingerprint density at radius 2 is 2.00 bits per heavy atom. The number of rotatable bonds is 1. The quantitative estimate of drug-likeness (QED) is 0.789. The van der Waals surface area contributed by atoms with Gasteiger partial charge in [0.05, 0.1) is 5.56 Å². The van der Waals surface area contributed by atoms with E-state index in [4.69, 9.17) is 10.5 Å². The number of carbonyl (C=O) groups is 1. The summed E-state index contributed by atoms with van der Waals surface area (Å²) in [5.74, 6) is 0.0770. The van der Waals surface area contributed by atoms with E-state index in [1.807, 2.05) is 20.8 Å². The number of anilines is 1. The van der Waals surface area contributed by atoms with Crippen LogP contribution < -0.4 is 5.73 Å². The summed E-state index contributed by atoms with van der Waals surface area (Å²) in [6, 6.07) is 0. The molecule has 0 spiro atoms. The van der Waals surface area contributed by atoms with E-state index < -0.39 is 5.60 Å². The Morgan fingerprint density at radius 3 is 2.53 bits per heavy atom. The minimum Gasteiger partial charge on any atom is -0.456 e. The molecule has 1 atom stereocenters. The van der Waals surface area contributed by atoms with Gasteiger partial charge in [-0.05, 0) is 38.7 Å². The van der Waals surface area contributed by atoms with Crippen molar-refractivity contribution in [2.24, 2.45) is 0 Å². The van der Waals surface area contributed by atoms with Gasteiger partial charge in [-0.25, -0.2) is 4.79 Å². The monoisotopic (exact) mass is 281 g/mol. The van der Waals surface area contributed by atoms with Gasteiger partial charge in [0.1, 0.15) is 10.6 Å². The standard InChI is InChI=1S/C15H23NO2S/c1-8-7-15(5,6)11-9(8)10(12(16)19-11)13(17)18-14(2,3)4/h8H,7,16H2,1-6H3. The Hall–Kier alpha value is -1.03. The second kappa shape index (κ2) is 4.23. The molecule has 0 radical (unpaired) electrons. The Balaban J connectivity index is 2.47. The van der Waals surface area contributed by atoms with Gasteiger partial charge < -0.3 is 10.5 Å². The van der Waals surface area contributed by atoms with Crippen LogP contribution in [0.4, 0.5) is 5.00 Å². The lowest BCUT2D eigenvalue weighted by Gasteiger charge is -2.20. The molecule has 0 fully saturated rings. The van der Waals surface area contributed by atoms with Crippen LogP contribution in [0.15, 0.2) is 0 Å². The van der Waals surface area contributed by atoms with Gasteiger partial charge in [-0.2, -0.15) is 0 Å². The number of nitrogens with two attached hydrogens (primary N) is 1. The maximum Gasteiger partial charge on any atom is 0.341 e. The lowest BCUT2D eigenvalue weighted by Crippen LogP contribution is -2.24. The molecule has 0 aliphatic heterocycles. The minimum atomic E-state index is -0.490. The van der Waals surface area contributed by atoms with Gasteiger partial charge >= 0.3 is 5.97 Å². The summed E-state index contributed by atoms with van der Waals surface area (Å²) >= 11 is 1.55. The lowest BCUT2D eigenvalue weighted by atomic mass is 9.91. The first-order valence-electron chi connectivity index (χ1n) is 6.69. The summed E-state index contributed by atoms with van der Waals surface area (Å²) in [5, 5.41) is 0.596. The summed E-state index contributed by atoms with van der Waals surface area (Å²) in [5.41, 5.74) is 7.40. The van der Waals surface area contributed by atoms with Gasteiger partial charge in [0.15, 0.2) is 0 Å². The maximum atomic E-state index is 12.4. The van der Waals surface area contributed by atoms with Crippen LogP contribution in [0.2, 0.25) is 0 Å². The molecule has 4 heteroatoms. The Morgan fingerprint density at radius 1 is 1.42 bits per heavy atom. The fourth-order valence-corrected chi connectivity index (χ4v) is 4.22. The molecule has 2 rings (SSSR count). The molecule has 2 N–H and O–H groups in total. The van der Waals surface area contributed by atoms with Gasteiger partial charge in [-0.3, -0.25) is 0 Å². The van der Waals surface area contributed by atoms with Gasteiger partial charge in [-0.1, -0.05) is 20.8 Å². The van der Waals surface area contributed by atoms with E-state index in [9.17, 15) is 4.79 Å². The molecule has 1 aromatic heterocycles. The molecule has 1 aromatic rings. The van der Waals surface area contributed by atoms with Crippen LogP contribution in [0.1, 0.15) is 74.7 Å². The molecular formula is C15H23NO2S. The number of fused-ring (bicyclic) bond motifs is 1. The zero-order chi connectivity index (χ0) is 14.6. The highest BCUT2D eigenvalue weighted by molar-refractivity contribution is 7.16. The highest BCUT2D eigenvalue weighted by Gasteiger charge is 2.41. The Labute approximate surface area is 119 Å². The average molecular weight is 281 g/mol. The zero-order valence-electron chi connectivity index (χ0n) is 12.6. The first-order chi connectivity index (χ1) is 8.53. The number of hydrogen-bond donors (Lipinski definition) is 1. The third kappa shape index (κ3) is 2.50. The lowest BCUT2D eigenvalue weighted by molar-refractivity contribution is 0.00698. The molecule has 0 amide bonds. The van der Waals surface area contributed by atoms with Crippen LogP contribution in [-0.2, 0) is 10.2 Å². The largest absolute Gasteiger partial charge is 0.456 e. The van der Waals surface area contributed by atoms with Crippen molar-refractivity contribution in [3.05, 3.63) is 16.0 Å². The topological polar surface area (TPSA) is 52.3 Å². The van der Waals surface area contributed by atoms with E-state index in [-0.39, 0.29) is 11.4 Å². The smallest absolute Gasteiger partial charge is 0.341 e. The molecular weight excluding hydrogens is 258 g/mol. The molecule has 0 bridgehead atoms. The predicted octanol–water partition coefficient (Wildman–Crippen LogP) is 4.07. The van der Waals surface area contributed by atoms with Crippen molar-refractivity contribution in [1.29, 1.82) is 0 Å². The molecule has 1 aliphatic rings. The summed E-state index contributed by atoms with van der Waals surface area (Å²) in [6.45, 7) is 12.2. The fraction of sp³-hybridized carbons (Fsp3) is 0.667. The van der Waals surface area contributed by atoms with Crippen LogP contribution in [0.3, 0.4) is 0 Å². The number of esters is 1. The van der Waals surface area contributed by atoms with Crippen LogP contribution in [-0.4, -0.2) is 11.6 Å². The predicted molar refractivity (Wildman–Crippen MR) is 80.0 cm³/mol. The number of thiophene rings is 1. The third-order valence-electron chi connectivity index (χ3n) is 3.50. The van der Waals surface area contributed by atoms with E-state index >= 15 is 0 Å². The SMILES string of the molecule is CC1CC(C)(C)c2sc(N)c(C(=O)OC(C)(C)C)c21. The van der Waals surface area contributed by atoms with E-state index in [1.165, 1.54) is 4.88 Å². The maximum absolute atomic E-state index is 12.4. The first-order valence-corrected chi connectivity index (χ1v) is 7.50. The average Bonchev–Trinajstić information content (AvgIpc) is 2.61. The van der Waals surface area contributed by atoms with Crippen LogP contribution in [0, 0.1) is 0 Å². The van der Waals surface area contributed by atoms with Crippen LogP contribution >= 0.6 is 11.3 Å². The Bertz CT molecular complexity index is 523. The van der Waals surface area contributed by atoms with Crippen molar-refractivity contribution in [2.75, 3.05) is 5.73 Å². The number of hydrogen-bond acceptors (Lipinski definition) is 4. The van der Waals surface area contributed by atoms with Crippen molar-refractivity contribution in [3.63, 3.8) is 0 Å². The fourth-order valence-electron chi connectivity index (χ4n) is 2.94. The molecule has 19 heavy (non-hydrogen) atoms. The molecule has 0 saturated heterocycles. The highest BCUT2D eigenvalue weighted by atomic mass is 32.1. The number of nitrogen functional groups attached to an aromatic ring is 1. The second-order valence-corrected chi connectivity index (χ2v) is 8.13. The van der Waals surface area contributed by atoms with Crippen molar-refractivity contribution < 1.29 is 9.53 Å². The first kappa shape index (κ1) is 14.4. The highest BCUT2D eigenvalue weighted by Crippen LogP contribution is 2.52. The van der Waals surface area contributed by atoms with Crippen LogP contribution in [0.25, 0.3) is 0 Å². The molecule has 0 aromatic carbocycles. The minimum absolute atomic E-state index is 0.105. The molecule has 1 aliphatic carbocycles. The molecule has 3 nitrogen and oxygen atoms in total. The van der Waals surface area contributed by atoms with Crippen molar-refractivity contribution in [2.45, 2.75) is 64.9 Å². The normalized spacial score (nSPS) is 21.3. The van der Waals surface area contributed by atoms with Gasteiger partial charge in [0.25, 0.3) is 0 Å². The molecule has 1 unspecified atom stereocenters. The van der Waals surface area contributed by atoms with Crippen molar-refractivity contribution in [1.82, 2.24) is 0 Å². The molecule has 0 saturated carbocycles. The second-order valence-electron chi connectivity index (χ2n) is 7.08. The third-order valence-corrected chi connectivity index (χ3v) is 4.90. The number of ether oxygens (including phenoxy) is 1. The van der Waals surface area contributed by atoms with E-state index in [0.717, 1.165) is 12.0 Å². The van der Waals surface area contributed by atoms with Crippen LogP contribution in [0.5, 0.6) is 0 Å². The van der Waals surface area contributed by atoms with E-state index in [1.54, 1.807) is 11.3 Å². The van der Waals surface area contributed by atoms with Crippen molar-refractivity contribution >= 4 is 22.3 Å². The molecule has 106 valence electrons. The summed E-state index contributed by atoms with van der Waals surface area (Å²) in [6.07, 6.45) is 1.06. The van der Waals surface area contributed by atoms with E-state index in [0.29, 0.717) is 16.5 Å². The summed E-state index contributed by atoms with van der Waals surface area (Å²) in [4.78, 5) is 13.6. The van der Waals surface area contributed by atoms with E-state index in [2.05, 4.69) is 20.8 Å².